The van der Waals surface area contributed by atoms with Crippen molar-refractivity contribution in [3.8, 4) is 0 Å². The minimum absolute atomic E-state index is 0.153. The number of carbonyl (C=O) groups is 4. The molecule has 0 spiro atoms. The minimum atomic E-state index is -1.29. The molecule has 2 atom stereocenters. The van der Waals surface area contributed by atoms with Crippen molar-refractivity contribution in [2.24, 2.45) is 5.73 Å². The molecule has 0 aromatic heterocycles. The van der Waals surface area contributed by atoms with Crippen LogP contribution in [0.25, 0.3) is 0 Å². The molecule has 9 nitrogen and oxygen atoms in total. The highest BCUT2D eigenvalue weighted by Crippen LogP contribution is 2.24. The number of rotatable bonds is 8. The Hall–Kier alpha value is -3.10. The van der Waals surface area contributed by atoms with E-state index < -0.39 is 47.6 Å². The van der Waals surface area contributed by atoms with Crippen molar-refractivity contribution in [2.45, 2.75) is 85.0 Å². The van der Waals surface area contributed by atoms with Gasteiger partial charge >= 0.3 is 6.09 Å². The van der Waals surface area contributed by atoms with E-state index in [1.54, 1.807) is 39.8 Å². The van der Waals surface area contributed by atoms with Crippen LogP contribution in [0, 0.1) is 6.92 Å². The van der Waals surface area contributed by atoms with E-state index in [-0.39, 0.29) is 12.5 Å². The molecule has 4 amide bonds. The summed E-state index contributed by atoms with van der Waals surface area (Å²) in [6, 6.07) is 5.03. The quantitative estimate of drug-likeness (QED) is 0.546. The van der Waals surface area contributed by atoms with Crippen molar-refractivity contribution < 1.29 is 23.9 Å². The van der Waals surface area contributed by atoms with E-state index in [1.165, 1.54) is 4.90 Å². The highest BCUT2D eigenvalue weighted by atomic mass is 16.6. The first-order chi connectivity index (χ1) is 15.0. The monoisotopic (exact) mass is 462 g/mol. The Morgan fingerprint density at radius 3 is 2.15 bits per heavy atom. The van der Waals surface area contributed by atoms with Crippen LogP contribution in [-0.2, 0) is 19.1 Å². The van der Waals surface area contributed by atoms with Gasteiger partial charge in [-0.3, -0.25) is 14.4 Å². The molecule has 0 radical (unpaired) electrons. The number of amides is 4. The number of likely N-dealkylation sites (N-methyl/N-ethyl adjacent to an activating group) is 1. The minimum Gasteiger partial charge on any atom is -0.444 e. The summed E-state index contributed by atoms with van der Waals surface area (Å²) >= 11 is 0. The number of nitrogens with two attached hydrogens (primary N) is 1. The molecule has 1 aromatic carbocycles. The number of primary amides is 1. The SMILES string of the molecule is CCN(C(=O)C(CC(N)=O)NC(=O)OC(C)(C)C)C(C(=O)NC(C)(C)C)c1cccc(C)c1. The van der Waals surface area contributed by atoms with Gasteiger partial charge in [-0.15, -0.1) is 0 Å². The van der Waals surface area contributed by atoms with Crippen LogP contribution in [0.15, 0.2) is 24.3 Å². The van der Waals surface area contributed by atoms with E-state index in [2.05, 4.69) is 10.6 Å². The zero-order chi connectivity index (χ0) is 25.6. The largest absolute Gasteiger partial charge is 0.444 e. The first-order valence-electron chi connectivity index (χ1n) is 11.0. The molecule has 1 aromatic rings. The summed E-state index contributed by atoms with van der Waals surface area (Å²) in [5, 5.41) is 5.36. The first kappa shape index (κ1) is 27.9. The van der Waals surface area contributed by atoms with Crippen LogP contribution >= 0.6 is 0 Å². The second-order valence-electron chi connectivity index (χ2n) is 10.0. The molecular formula is C24H38N4O5. The summed E-state index contributed by atoms with van der Waals surface area (Å²) in [6.45, 7) is 14.3. The molecule has 0 saturated carbocycles. The molecular weight excluding hydrogens is 424 g/mol. The lowest BCUT2D eigenvalue weighted by atomic mass is 9.99. The average molecular weight is 463 g/mol. The fraction of sp³-hybridized carbons (Fsp3) is 0.583. The molecule has 0 heterocycles. The van der Waals surface area contributed by atoms with Gasteiger partial charge in [-0.05, 0) is 61.0 Å². The number of benzene rings is 1. The number of hydrogen-bond acceptors (Lipinski definition) is 5. The number of nitrogens with one attached hydrogen (secondary N) is 2. The maximum Gasteiger partial charge on any atom is 0.408 e. The number of nitrogens with zero attached hydrogens (tertiary/aromatic N) is 1. The molecule has 1 rings (SSSR count). The van der Waals surface area contributed by atoms with Gasteiger partial charge in [-0.25, -0.2) is 4.79 Å². The standard InChI is InChI=1S/C24H38N4O5/c1-9-28(21(31)17(14-18(25)29)26-22(32)33-24(6,7)8)19(20(30)27-23(3,4)5)16-12-10-11-15(2)13-16/h10-13,17,19H,9,14H2,1-8H3,(H2,25,29)(H,26,32)(H,27,30). The molecule has 0 aliphatic carbocycles. The summed E-state index contributed by atoms with van der Waals surface area (Å²) in [5.74, 6) is -1.76. The molecule has 9 heteroatoms. The van der Waals surface area contributed by atoms with Gasteiger partial charge in [0.05, 0.1) is 6.42 Å². The molecule has 4 N–H and O–H groups in total. The smallest absolute Gasteiger partial charge is 0.408 e. The lowest BCUT2D eigenvalue weighted by Crippen LogP contribution is -2.55. The number of aryl methyl sites for hydroxylation is 1. The van der Waals surface area contributed by atoms with E-state index in [0.29, 0.717) is 5.56 Å². The normalized spacial score (nSPS) is 13.5. The molecule has 0 aliphatic rings. The number of ether oxygens (including phenoxy) is 1. The fourth-order valence-electron chi connectivity index (χ4n) is 3.27. The van der Waals surface area contributed by atoms with Crippen molar-refractivity contribution in [3.05, 3.63) is 35.4 Å². The van der Waals surface area contributed by atoms with E-state index >= 15 is 0 Å². The predicted octanol–water partition coefficient (Wildman–Crippen LogP) is 2.57. The zero-order valence-electron chi connectivity index (χ0n) is 20.9. The van der Waals surface area contributed by atoms with Gasteiger partial charge in [0.25, 0.3) is 0 Å². The number of alkyl carbamates (subject to hydrolysis) is 1. The summed E-state index contributed by atoms with van der Waals surface area (Å²) < 4.78 is 5.24. The van der Waals surface area contributed by atoms with Gasteiger partial charge in [-0.1, -0.05) is 29.8 Å². The zero-order valence-corrected chi connectivity index (χ0v) is 20.9. The molecule has 33 heavy (non-hydrogen) atoms. The fourth-order valence-corrected chi connectivity index (χ4v) is 3.27. The van der Waals surface area contributed by atoms with Gasteiger partial charge in [-0.2, -0.15) is 0 Å². The first-order valence-corrected chi connectivity index (χ1v) is 11.0. The third kappa shape index (κ3) is 9.51. The summed E-state index contributed by atoms with van der Waals surface area (Å²) in [4.78, 5) is 52.2. The van der Waals surface area contributed by atoms with E-state index in [9.17, 15) is 19.2 Å². The van der Waals surface area contributed by atoms with Crippen molar-refractivity contribution in [1.82, 2.24) is 15.5 Å². The van der Waals surface area contributed by atoms with Crippen LogP contribution in [-0.4, -0.2) is 52.4 Å². The van der Waals surface area contributed by atoms with Crippen LogP contribution in [0.1, 0.15) is 72.1 Å². The van der Waals surface area contributed by atoms with E-state index in [4.69, 9.17) is 10.5 Å². The number of hydrogen-bond donors (Lipinski definition) is 3. The molecule has 2 unspecified atom stereocenters. The third-order valence-corrected chi connectivity index (χ3v) is 4.43. The van der Waals surface area contributed by atoms with Gasteiger partial charge in [0.1, 0.15) is 17.7 Å². The van der Waals surface area contributed by atoms with Crippen molar-refractivity contribution >= 4 is 23.8 Å². The van der Waals surface area contributed by atoms with Gasteiger partial charge in [0.2, 0.25) is 17.7 Å². The Labute approximate surface area is 196 Å². The molecule has 0 aliphatic heterocycles. The van der Waals surface area contributed by atoms with Gasteiger partial charge < -0.3 is 26.0 Å². The topological polar surface area (TPSA) is 131 Å². The molecule has 184 valence electrons. The van der Waals surface area contributed by atoms with Crippen molar-refractivity contribution in [1.29, 1.82) is 0 Å². The summed E-state index contributed by atoms with van der Waals surface area (Å²) in [6.07, 6.45) is -1.29. The van der Waals surface area contributed by atoms with Crippen LogP contribution < -0.4 is 16.4 Å². The third-order valence-electron chi connectivity index (χ3n) is 4.43. The second-order valence-corrected chi connectivity index (χ2v) is 10.0. The van der Waals surface area contributed by atoms with Crippen LogP contribution in [0.2, 0.25) is 0 Å². The van der Waals surface area contributed by atoms with E-state index in [0.717, 1.165) is 5.56 Å². The Bertz CT molecular complexity index is 870. The Morgan fingerprint density at radius 1 is 1.09 bits per heavy atom. The van der Waals surface area contributed by atoms with Crippen molar-refractivity contribution in [2.75, 3.05) is 6.54 Å². The Morgan fingerprint density at radius 2 is 1.70 bits per heavy atom. The Kier molecular flexibility index (Phi) is 9.45. The second kappa shape index (κ2) is 11.2. The van der Waals surface area contributed by atoms with Crippen LogP contribution in [0.4, 0.5) is 4.79 Å². The number of carbonyl (C=O) groups excluding carboxylic acids is 4. The summed E-state index contributed by atoms with van der Waals surface area (Å²) in [5.41, 5.74) is 5.54. The Balaban J connectivity index is 3.39. The predicted molar refractivity (Wildman–Crippen MR) is 126 cm³/mol. The lowest BCUT2D eigenvalue weighted by Gasteiger charge is -2.35. The van der Waals surface area contributed by atoms with E-state index in [1.807, 2.05) is 39.8 Å². The highest BCUT2D eigenvalue weighted by molar-refractivity contribution is 5.94. The summed E-state index contributed by atoms with van der Waals surface area (Å²) in [7, 11) is 0. The maximum atomic E-state index is 13.5. The van der Waals surface area contributed by atoms with Crippen LogP contribution in [0.3, 0.4) is 0 Å². The van der Waals surface area contributed by atoms with Crippen molar-refractivity contribution in [3.63, 3.8) is 0 Å². The molecule has 0 fully saturated rings. The van der Waals surface area contributed by atoms with Gasteiger partial charge in [0, 0.05) is 12.1 Å². The average Bonchev–Trinajstić information content (AvgIpc) is 2.61. The highest BCUT2D eigenvalue weighted by Gasteiger charge is 2.37. The van der Waals surface area contributed by atoms with Gasteiger partial charge in [0.15, 0.2) is 0 Å². The lowest BCUT2D eigenvalue weighted by molar-refractivity contribution is -0.143. The van der Waals surface area contributed by atoms with Crippen LogP contribution in [0.5, 0.6) is 0 Å². The molecule has 0 saturated heterocycles. The maximum absolute atomic E-state index is 13.5. The molecule has 0 bridgehead atoms.